The monoisotopic (exact) mass is 629 g/mol. The molecule has 1 aliphatic rings. The number of halogens is 2. The van der Waals surface area contributed by atoms with Crippen LogP contribution in [0.5, 0.6) is 0 Å². The molecule has 10 heteroatoms. The zero-order valence-electron chi connectivity index (χ0n) is 23.7. The van der Waals surface area contributed by atoms with E-state index in [1.165, 1.54) is 35.2 Å². The molecular formula is C32H37Cl2N3O4S. The minimum absolute atomic E-state index is 0.0294. The summed E-state index contributed by atoms with van der Waals surface area (Å²) in [7, 11) is -4.17. The third-order valence-corrected chi connectivity index (χ3v) is 10.2. The highest BCUT2D eigenvalue weighted by molar-refractivity contribution is 7.92. The molecule has 0 bridgehead atoms. The number of sulfonamides is 1. The van der Waals surface area contributed by atoms with Crippen molar-refractivity contribution in [2.24, 2.45) is 0 Å². The lowest BCUT2D eigenvalue weighted by Crippen LogP contribution is -2.54. The molecule has 0 spiro atoms. The van der Waals surface area contributed by atoms with Crippen LogP contribution in [-0.4, -0.2) is 50.3 Å². The lowest BCUT2D eigenvalue weighted by molar-refractivity contribution is -0.140. The Morgan fingerprint density at radius 1 is 0.905 bits per heavy atom. The van der Waals surface area contributed by atoms with Crippen molar-refractivity contribution in [3.05, 3.63) is 94.5 Å². The van der Waals surface area contributed by atoms with Crippen molar-refractivity contribution in [2.45, 2.75) is 68.8 Å². The highest BCUT2D eigenvalue weighted by Gasteiger charge is 2.34. The Morgan fingerprint density at radius 3 is 2.17 bits per heavy atom. The van der Waals surface area contributed by atoms with E-state index in [1.807, 2.05) is 37.3 Å². The van der Waals surface area contributed by atoms with Crippen molar-refractivity contribution in [3.8, 4) is 0 Å². The van der Waals surface area contributed by atoms with Crippen LogP contribution in [0.2, 0.25) is 10.0 Å². The second-order valence-electron chi connectivity index (χ2n) is 10.5. The summed E-state index contributed by atoms with van der Waals surface area (Å²) in [6.07, 6.45) is 6.02. The van der Waals surface area contributed by atoms with E-state index in [2.05, 4.69) is 5.32 Å². The number of hydrogen-bond donors (Lipinski definition) is 1. The fraction of sp³-hybridized carbons (Fsp3) is 0.375. The molecule has 0 heterocycles. The summed E-state index contributed by atoms with van der Waals surface area (Å²) in [5.74, 6) is -0.694. The molecule has 2 amide bonds. The van der Waals surface area contributed by atoms with Gasteiger partial charge in [0.25, 0.3) is 10.0 Å². The standard InChI is InChI=1S/C32H37Cl2N3O4S/c1-2-30(32(39)35-25-14-8-4-9-15-25)36(21-20-24-12-6-3-7-13-24)31(38)23-37(26-18-19-28(33)29(34)22-26)42(40,41)27-16-10-5-11-17-27/h3,5-7,10-13,16-19,22,25,30H,2,4,8-9,14-15,20-21,23H2,1H3,(H,35,39)/t30-/m0/s1. The van der Waals surface area contributed by atoms with Crippen molar-refractivity contribution >= 4 is 50.7 Å². The lowest BCUT2D eigenvalue weighted by Gasteiger charge is -2.34. The maximum absolute atomic E-state index is 14.2. The fourth-order valence-electron chi connectivity index (χ4n) is 5.33. The number of nitrogens with zero attached hydrogens (tertiary/aromatic N) is 2. The number of anilines is 1. The predicted molar refractivity (Wildman–Crippen MR) is 168 cm³/mol. The summed E-state index contributed by atoms with van der Waals surface area (Å²) in [6.45, 7) is 1.60. The molecule has 0 aliphatic heterocycles. The van der Waals surface area contributed by atoms with Crippen molar-refractivity contribution in [3.63, 3.8) is 0 Å². The van der Waals surface area contributed by atoms with Crippen LogP contribution in [-0.2, 0) is 26.0 Å². The quantitative estimate of drug-likeness (QED) is 0.248. The molecule has 224 valence electrons. The molecule has 0 aromatic heterocycles. The van der Waals surface area contributed by atoms with E-state index in [0.29, 0.717) is 12.8 Å². The summed E-state index contributed by atoms with van der Waals surface area (Å²) in [5.41, 5.74) is 1.21. The van der Waals surface area contributed by atoms with Crippen LogP contribution in [0.25, 0.3) is 0 Å². The van der Waals surface area contributed by atoms with Crippen LogP contribution in [0.3, 0.4) is 0 Å². The molecule has 4 rings (SSSR count). The van der Waals surface area contributed by atoms with E-state index >= 15 is 0 Å². The molecule has 7 nitrogen and oxygen atoms in total. The van der Waals surface area contributed by atoms with E-state index in [4.69, 9.17) is 23.2 Å². The molecule has 3 aromatic carbocycles. The van der Waals surface area contributed by atoms with Gasteiger partial charge in [-0.2, -0.15) is 0 Å². The van der Waals surface area contributed by atoms with E-state index in [-0.39, 0.29) is 39.1 Å². The largest absolute Gasteiger partial charge is 0.352 e. The van der Waals surface area contributed by atoms with Gasteiger partial charge in [0.15, 0.2) is 0 Å². The van der Waals surface area contributed by atoms with Crippen LogP contribution in [0.15, 0.2) is 83.8 Å². The number of carbonyl (C=O) groups is 2. The van der Waals surface area contributed by atoms with Gasteiger partial charge in [0.2, 0.25) is 11.8 Å². The Hall–Kier alpha value is -3.07. The third-order valence-electron chi connectivity index (χ3n) is 7.62. The normalized spacial score (nSPS) is 14.6. The lowest BCUT2D eigenvalue weighted by atomic mass is 9.95. The van der Waals surface area contributed by atoms with Crippen LogP contribution in [0.4, 0.5) is 5.69 Å². The third kappa shape index (κ3) is 8.06. The van der Waals surface area contributed by atoms with Gasteiger partial charge in [-0.15, -0.1) is 0 Å². The van der Waals surface area contributed by atoms with Gasteiger partial charge in [0, 0.05) is 12.6 Å². The minimum Gasteiger partial charge on any atom is -0.352 e. The Morgan fingerprint density at radius 2 is 1.55 bits per heavy atom. The van der Waals surface area contributed by atoms with Gasteiger partial charge in [0.05, 0.1) is 20.6 Å². The number of hydrogen-bond acceptors (Lipinski definition) is 4. The summed E-state index contributed by atoms with van der Waals surface area (Å²) in [4.78, 5) is 29.3. The Balaban J connectivity index is 1.67. The molecule has 0 saturated heterocycles. The van der Waals surface area contributed by atoms with Crippen molar-refractivity contribution in [1.29, 1.82) is 0 Å². The van der Waals surface area contributed by atoms with Gasteiger partial charge in [-0.3, -0.25) is 13.9 Å². The topological polar surface area (TPSA) is 86.8 Å². The molecule has 0 radical (unpaired) electrons. The zero-order valence-corrected chi connectivity index (χ0v) is 26.0. The summed E-state index contributed by atoms with van der Waals surface area (Å²) in [6, 6.07) is 21.4. The average Bonchev–Trinajstić information content (AvgIpc) is 3.00. The SMILES string of the molecule is CC[C@@H](C(=O)NC1CCCCC1)N(CCc1ccccc1)C(=O)CN(c1ccc(Cl)c(Cl)c1)S(=O)(=O)c1ccccc1. The van der Waals surface area contributed by atoms with Gasteiger partial charge in [0.1, 0.15) is 12.6 Å². The summed E-state index contributed by atoms with van der Waals surface area (Å²) in [5, 5.41) is 3.59. The Bertz CT molecular complexity index is 1450. The Kier molecular flexibility index (Phi) is 11.3. The molecule has 1 fully saturated rings. The summed E-state index contributed by atoms with van der Waals surface area (Å²) >= 11 is 12.4. The molecular weight excluding hydrogens is 593 g/mol. The van der Waals surface area contributed by atoms with E-state index in [0.717, 1.165) is 42.0 Å². The van der Waals surface area contributed by atoms with Gasteiger partial charge in [-0.1, -0.05) is 97.9 Å². The smallest absolute Gasteiger partial charge is 0.264 e. The van der Waals surface area contributed by atoms with E-state index < -0.39 is 28.5 Å². The number of amides is 2. The van der Waals surface area contributed by atoms with E-state index in [9.17, 15) is 18.0 Å². The highest BCUT2D eigenvalue weighted by Crippen LogP contribution is 2.31. The molecule has 3 aromatic rings. The molecule has 1 aliphatic carbocycles. The first-order valence-corrected chi connectivity index (χ1v) is 16.6. The number of carbonyl (C=O) groups excluding carboxylic acids is 2. The molecule has 42 heavy (non-hydrogen) atoms. The Labute approximate surface area is 258 Å². The molecule has 1 saturated carbocycles. The van der Waals surface area contributed by atoms with Crippen molar-refractivity contribution in [1.82, 2.24) is 10.2 Å². The van der Waals surface area contributed by atoms with E-state index in [1.54, 1.807) is 18.2 Å². The number of benzene rings is 3. The van der Waals surface area contributed by atoms with Crippen molar-refractivity contribution < 1.29 is 18.0 Å². The van der Waals surface area contributed by atoms with Crippen LogP contribution in [0.1, 0.15) is 51.0 Å². The highest BCUT2D eigenvalue weighted by atomic mass is 35.5. The van der Waals surface area contributed by atoms with Gasteiger partial charge in [-0.05, 0) is 61.6 Å². The molecule has 0 unspecified atom stereocenters. The van der Waals surface area contributed by atoms with Crippen LogP contribution < -0.4 is 9.62 Å². The van der Waals surface area contributed by atoms with Gasteiger partial charge < -0.3 is 10.2 Å². The van der Waals surface area contributed by atoms with Crippen LogP contribution in [0, 0.1) is 0 Å². The van der Waals surface area contributed by atoms with Gasteiger partial charge >= 0.3 is 0 Å². The molecule has 1 N–H and O–H groups in total. The predicted octanol–water partition coefficient (Wildman–Crippen LogP) is 6.49. The first-order valence-electron chi connectivity index (χ1n) is 14.4. The first kappa shape index (κ1) is 31.9. The average molecular weight is 631 g/mol. The molecule has 1 atom stereocenters. The van der Waals surface area contributed by atoms with Crippen LogP contribution >= 0.6 is 23.2 Å². The fourth-order valence-corrected chi connectivity index (χ4v) is 7.05. The zero-order chi connectivity index (χ0) is 30.1. The summed E-state index contributed by atoms with van der Waals surface area (Å²) < 4.78 is 28.8. The minimum atomic E-state index is -4.17. The maximum Gasteiger partial charge on any atom is 0.264 e. The van der Waals surface area contributed by atoms with Gasteiger partial charge in [-0.25, -0.2) is 8.42 Å². The van der Waals surface area contributed by atoms with Crippen molar-refractivity contribution in [2.75, 3.05) is 17.4 Å². The first-order chi connectivity index (χ1) is 20.2. The number of rotatable bonds is 12. The maximum atomic E-state index is 14.2. The number of nitrogens with one attached hydrogen (secondary N) is 1. The second kappa shape index (κ2) is 14.9. The second-order valence-corrected chi connectivity index (χ2v) is 13.2.